The first-order valence-electron chi connectivity index (χ1n) is 12.4. The molecule has 0 aromatic heterocycles. The summed E-state index contributed by atoms with van der Waals surface area (Å²) in [6.07, 6.45) is 7.37. The van der Waals surface area contributed by atoms with Crippen molar-refractivity contribution >= 4 is 11.9 Å². The second-order valence-electron chi connectivity index (χ2n) is 10.2. The number of carbonyl (C=O) groups is 2. The number of benzene rings is 2. The zero-order valence-electron chi connectivity index (χ0n) is 20.2. The smallest absolute Gasteiger partial charge is 0.343 e. The highest BCUT2D eigenvalue weighted by Gasteiger charge is 2.52. The third-order valence-electron chi connectivity index (χ3n) is 7.87. The van der Waals surface area contributed by atoms with E-state index in [0.717, 1.165) is 42.6 Å². The van der Waals surface area contributed by atoms with E-state index in [1.165, 1.54) is 38.5 Å². The lowest BCUT2D eigenvalue weighted by Gasteiger charge is -2.57. The van der Waals surface area contributed by atoms with E-state index in [1.807, 2.05) is 13.0 Å². The standard InChI is InChI=1S/C28H32O7/c1-3-33-27(32-2)35-24-13-20(26(31)34-23-7-5-4-6-21(23)25(29)30)8-9-22(24)28-14-17-10-18(15-28)12-19(11-17)16-28/h4-9,13,17-19,27H,3,10-12,14-16H2,1-2H3,(H,29,30). The highest BCUT2D eigenvalue weighted by molar-refractivity contribution is 5.95. The number of carboxylic acid groups (broad SMARTS) is 1. The van der Waals surface area contributed by atoms with Crippen LogP contribution in [0.4, 0.5) is 0 Å². The van der Waals surface area contributed by atoms with Crippen LogP contribution in [-0.2, 0) is 14.9 Å². The van der Waals surface area contributed by atoms with Gasteiger partial charge >= 0.3 is 18.4 Å². The Morgan fingerprint density at radius 2 is 1.66 bits per heavy atom. The molecule has 4 bridgehead atoms. The molecule has 0 heterocycles. The first-order chi connectivity index (χ1) is 16.9. The van der Waals surface area contributed by atoms with E-state index in [-0.39, 0.29) is 22.3 Å². The van der Waals surface area contributed by atoms with Crippen molar-refractivity contribution in [3.8, 4) is 11.5 Å². The number of methoxy groups -OCH3 is 1. The van der Waals surface area contributed by atoms with E-state index in [1.54, 1.807) is 24.3 Å². The highest BCUT2D eigenvalue weighted by Crippen LogP contribution is 2.62. The molecule has 4 fully saturated rings. The number of esters is 1. The van der Waals surface area contributed by atoms with E-state index >= 15 is 0 Å². The van der Waals surface area contributed by atoms with Crippen LogP contribution in [0.5, 0.6) is 11.5 Å². The molecule has 1 N–H and O–H groups in total. The first kappa shape index (κ1) is 23.8. The van der Waals surface area contributed by atoms with Gasteiger partial charge in [0.25, 0.3) is 0 Å². The van der Waals surface area contributed by atoms with Crippen LogP contribution in [0, 0.1) is 17.8 Å². The fraction of sp³-hybridized carbons (Fsp3) is 0.500. The van der Waals surface area contributed by atoms with Crippen LogP contribution in [0.25, 0.3) is 0 Å². The fourth-order valence-electron chi connectivity index (χ4n) is 6.91. The van der Waals surface area contributed by atoms with Crippen LogP contribution in [0.1, 0.15) is 71.7 Å². The van der Waals surface area contributed by atoms with Crippen molar-refractivity contribution in [1.29, 1.82) is 0 Å². The lowest BCUT2D eigenvalue weighted by molar-refractivity contribution is -0.231. The summed E-state index contributed by atoms with van der Waals surface area (Å²) in [7, 11) is 1.52. The zero-order chi connectivity index (χ0) is 24.6. The summed E-state index contributed by atoms with van der Waals surface area (Å²) in [4.78, 5) is 24.6. The maximum Gasteiger partial charge on any atom is 0.343 e. The molecular weight excluding hydrogens is 448 g/mol. The van der Waals surface area contributed by atoms with Gasteiger partial charge in [0, 0.05) is 12.7 Å². The van der Waals surface area contributed by atoms with Crippen LogP contribution in [0.3, 0.4) is 0 Å². The molecule has 4 saturated carbocycles. The van der Waals surface area contributed by atoms with Gasteiger partial charge in [-0.2, -0.15) is 0 Å². The van der Waals surface area contributed by atoms with Gasteiger partial charge in [-0.1, -0.05) is 18.2 Å². The number of rotatable bonds is 9. The predicted molar refractivity (Wildman–Crippen MR) is 128 cm³/mol. The topological polar surface area (TPSA) is 91.3 Å². The van der Waals surface area contributed by atoms with Crippen LogP contribution < -0.4 is 9.47 Å². The second-order valence-corrected chi connectivity index (χ2v) is 10.2. The molecule has 0 radical (unpaired) electrons. The molecule has 7 heteroatoms. The van der Waals surface area contributed by atoms with Gasteiger partial charge in [0.2, 0.25) is 0 Å². The van der Waals surface area contributed by atoms with E-state index in [0.29, 0.717) is 12.4 Å². The summed E-state index contributed by atoms with van der Waals surface area (Å²) in [6.45, 7) is 1.38. The Morgan fingerprint density at radius 3 is 2.26 bits per heavy atom. The molecule has 7 nitrogen and oxygen atoms in total. The van der Waals surface area contributed by atoms with Crippen molar-refractivity contribution in [2.75, 3.05) is 13.7 Å². The predicted octanol–water partition coefficient (Wildman–Crippen LogP) is 5.42. The largest absolute Gasteiger partial charge is 0.478 e. The van der Waals surface area contributed by atoms with Crippen molar-refractivity contribution in [3.05, 3.63) is 59.2 Å². The molecule has 0 amide bonds. The van der Waals surface area contributed by atoms with Gasteiger partial charge in [0.05, 0.1) is 12.2 Å². The average molecular weight is 481 g/mol. The summed E-state index contributed by atoms with van der Waals surface area (Å²) in [6, 6.07) is 11.5. The molecule has 2 aromatic rings. The summed E-state index contributed by atoms with van der Waals surface area (Å²) in [5.74, 6) is 0.999. The second kappa shape index (κ2) is 9.63. The van der Waals surface area contributed by atoms with E-state index < -0.39 is 18.4 Å². The van der Waals surface area contributed by atoms with Crippen molar-refractivity contribution in [2.24, 2.45) is 17.8 Å². The molecule has 1 unspecified atom stereocenters. The SMILES string of the molecule is CCOC(OC)Oc1cc(C(=O)Oc2ccccc2C(=O)O)ccc1C12CC3CC(CC(C3)C1)C2. The maximum atomic E-state index is 13.0. The number of aromatic carboxylic acids is 1. The van der Waals surface area contributed by atoms with Crippen LogP contribution >= 0.6 is 0 Å². The lowest BCUT2D eigenvalue weighted by Crippen LogP contribution is -2.48. The number of hydrogen-bond acceptors (Lipinski definition) is 6. The van der Waals surface area contributed by atoms with Crippen molar-refractivity contribution in [2.45, 2.75) is 57.3 Å². The van der Waals surface area contributed by atoms with Crippen molar-refractivity contribution in [1.82, 2.24) is 0 Å². The maximum absolute atomic E-state index is 13.0. The van der Waals surface area contributed by atoms with Gasteiger partial charge in [0.15, 0.2) is 0 Å². The Balaban J connectivity index is 1.48. The van der Waals surface area contributed by atoms with Gasteiger partial charge in [-0.05, 0) is 92.9 Å². The quantitative estimate of drug-likeness (QED) is 0.291. The van der Waals surface area contributed by atoms with Gasteiger partial charge in [-0.25, -0.2) is 9.59 Å². The van der Waals surface area contributed by atoms with Crippen molar-refractivity contribution < 1.29 is 33.6 Å². The molecule has 4 aliphatic carbocycles. The van der Waals surface area contributed by atoms with Gasteiger partial charge in [-0.15, -0.1) is 0 Å². The van der Waals surface area contributed by atoms with Gasteiger partial charge in [-0.3, -0.25) is 0 Å². The Kier molecular flexibility index (Phi) is 6.55. The number of carbonyl (C=O) groups excluding carboxylic acids is 1. The Labute approximate surface area is 205 Å². The minimum atomic E-state index is -1.16. The third kappa shape index (κ3) is 4.67. The minimum absolute atomic E-state index is 0.00159. The minimum Gasteiger partial charge on any atom is -0.478 e. The fourth-order valence-corrected chi connectivity index (χ4v) is 6.91. The molecule has 2 aromatic carbocycles. The third-order valence-corrected chi connectivity index (χ3v) is 7.87. The number of hydrogen-bond donors (Lipinski definition) is 1. The van der Waals surface area contributed by atoms with Crippen LogP contribution in [-0.4, -0.2) is 37.2 Å². The van der Waals surface area contributed by atoms with Gasteiger partial charge in [0.1, 0.15) is 17.1 Å². The zero-order valence-corrected chi connectivity index (χ0v) is 20.2. The van der Waals surface area contributed by atoms with E-state index in [4.69, 9.17) is 18.9 Å². The molecule has 6 rings (SSSR count). The van der Waals surface area contributed by atoms with E-state index in [9.17, 15) is 14.7 Å². The average Bonchev–Trinajstić information content (AvgIpc) is 2.83. The van der Waals surface area contributed by atoms with Gasteiger partial charge < -0.3 is 24.1 Å². The van der Waals surface area contributed by atoms with E-state index in [2.05, 4.69) is 0 Å². The summed E-state index contributed by atoms with van der Waals surface area (Å²) in [5.41, 5.74) is 1.34. The lowest BCUT2D eigenvalue weighted by atomic mass is 9.48. The molecule has 186 valence electrons. The Bertz CT molecular complexity index is 1070. The monoisotopic (exact) mass is 480 g/mol. The molecule has 35 heavy (non-hydrogen) atoms. The van der Waals surface area contributed by atoms with Crippen molar-refractivity contribution in [3.63, 3.8) is 0 Å². The summed E-state index contributed by atoms with van der Waals surface area (Å²) in [5, 5.41) is 9.42. The highest BCUT2D eigenvalue weighted by atomic mass is 16.8. The molecule has 4 aliphatic rings. The summed E-state index contributed by atoms with van der Waals surface area (Å²) >= 11 is 0. The molecule has 0 spiro atoms. The normalized spacial score (nSPS) is 27.4. The number of carboxylic acids is 1. The van der Waals surface area contributed by atoms with Crippen LogP contribution in [0.15, 0.2) is 42.5 Å². The number of para-hydroxylation sites is 1. The van der Waals surface area contributed by atoms with Crippen LogP contribution in [0.2, 0.25) is 0 Å². The summed E-state index contributed by atoms with van der Waals surface area (Å²) < 4.78 is 22.6. The molecule has 1 atom stereocenters. The molecule has 0 saturated heterocycles. The molecular formula is C28H32O7. The number of ether oxygens (including phenoxy) is 4. The Morgan fingerprint density at radius 1 is 1.00 bits per heavy atom. The first-order valence-corrected chi connectivity index (χ1v) is 12.4. The Hall–Kier alpha value is -2.90. The molecule has 0 aliphatic heterocycles.